The maximum absolute atomic E-state index is 10.8. The molecule has 5 nitrogen and oxygen atoms in total. The fourth-order valence-electron chi connectivity index (χ4n) is 1.54. The highest BCUT2D eigenvalue weighted by Gasteiger charge is 2.15. The van der Waals surface area contributed by atoms with Gasteiger partial charge in [0.1, 0.15) is 17.6 Å². The minimum Gasteiger partial charge on any atom is -0.458 e. The van der Waals surface area contributed by atoms with Crippen molar-refractivity contribution in [3.63, 3.8) is 0 Å². The minimum absolute atomic E-state index is 0.0255. The van der Waals surface area contributed by atoms with Gasteiger partial charge in [-0.15, -0.1) is 0 Å². The van der Waals surface area contributed by atoms with E-state index in [4.69, 9.17) is 4.42 Å². The van der Waals surface area contributed by atoms with E-state index in [2.05, 4.69) is 15.9 Å². The zero-order valence-corrected chi connectivity index (χ0v) is 11.0. The summed E-state index contributed by atoms with van der Waals surface area (Å²) < 4.78 is 5.83. The van der Waals surface area contributed by atoms with Crippen LogP contribution in [0, 0.1) is 10.1 Å². The summed E-state index contributed by atoms with van der Waals surface area (Å²) in [6.07, 6.45) is -0.704. The molecule has 1 aromatic carbocycles. The van der Waals surface area contributed by atoms with Gasteiger partial charge in [0, 0.05) is 11.6 Å². The number of aliphatic hydroxyl groups excluding tert-OH is 1. The van der Waals surface area contributed by atoms with Crippen LogP contribution in [0.15, 0.2) is 39.2 Å². The monoisotopic (exact) mass is 311 g/mol. The Morgan fingerprint density at radius 1 is 1.39 bits per heavy atom. The molecule has 2 rings (SSSR count). The summed E-state index contributed by atoms with van der Waals surface area (Å²) in [4.78, 5) is 10.4. The second kappa shape index (κ2) is 4.91. The first kappa shape index (κ1) is 12.8. The summed E-state index contributed by atoms with van der Waals surface area (Å²) in [6.45, 7) is 1.59. The van der Waals surface area contributed by atoms with Crippen molar-refractivity contribution >= 4 is 21.6 Å². The maximum atomic E-state index is 10.8. The van der Waals surface area contributed by atoms with E-state index in [9.17, 15) is 15.2 Å². The van der Waals surface area contributed by atoms with Crippen LogP contribution in [0.4, 0.5) is 5.69 Å². The summed E-state index contributed by atoms with van der Waals surface area (Å²) in [5.74, 6) is 0.914. The molecule has 0 aliphatic carbocycles. The Labute approximate surface area is 111 Å². The van der Waals surface area contributed by atoms with Crippen LogP contribution in [0.3, 0.4) is 0 Å². The first-order valence-electron chi connectivity index (χ1n) is 5.21. The number of halogens is 1. The lowest BCUT2D eigenvalue weighted by Crippen LogP contribution is -1.90. The molecule has 0 radical (unpaired) electrons. The SMILES string of the molecule is CC(O)c1ccc(-c2ccc(Br)c([N+](=O)[O-])c2)o1. The van der Waals surface area contributed by atoms with E-state index in [0.29, 0.717) is 21.6 Å². The zero-order valence-electron chi connectivity index (χ0n) is 9.46. The van der Waals surface area contributed by atoms with E-state index in [-0.39, 0.29) is 5.69 Å². The quantitative estimate of drug-likeness (QED) is 0.693. The van der Waals surface area contributed by atoms with Crippen LogP contribution >= 0.6 is 15.9 Å². The first-order chi connectivity index (χ1) is 8.49. The van der Waals surface area contributed by atoms with Crippen molar-refractivity contribution in [2.75, 3.05) is 0 Å². The third-order valence-corrected chi connectivity index (χ3v) is 3.14. The van der Waals surface area contributed by atoms with Crippen molar-refractivity contribution in [3.05, 3.63) is 50.7 Å². The molecule has 1 N–H and O–H groups in total. The number of benzene rings is 1. The van der Waals surface area contributed by atoms with Crippen LogP contribution in [0.25, 0.3) is 11.3 Å². The van der Waals surface area contributed by atoms with Crippen LogP contribution in [0.5, 0.6) is 0 Å². The third-order valence-electron chi connectivity index (χ3n) is 2.47. The Bertz CT molecular complexity index is 592. The van der Waals surface area contributed by atoms with Gasteiger partial charge in [-0.25, -0.2) is 0 Å². The highest BCUT2D eigenvalue weighted by Crippen LogP contribution is 2.32. The molecule has 1 aromatic heterocycles. The number of nitro groups is 1. The third kappa shape index (κ3) is 2.44. The number of furan rings is 1. The Kier molecular flexibility index (Phi) is 3.49. The fraction of sp³-hybridized carbons (Fsp3) is 0.167. The number of aliphatic hydroxyl groups is 1. The lowest BCUT2D eigenvalue weighted by atomic mass is 10.1. The van der Waals surface area contributed by atoms with Crippen molar-refractivity contribution in [3.8, 4) is 11.3 Å². The van der Waals surface area contributed by atoms with Gasteiger partial charge in [-0.05, 0) is 47.1 Å². The van der Waals surface area contributed by atoms with Gasteiger partial charge in [0.05, 0.1) is 9.40 Å². The van der Waals surface area contributed by atoms with Gasteiger partial charge in [0.25, 0.3) is 5.69 Å². The summed E-state index contributed by atoms with van der Waals surface area (Å²) in [7, 11) is 0. The van der Waals surface area contributed by atoms with E-state index in [0.717, 1.165) is 0 Å². The van der Waals surface area contributed by atoms with Gasteiger partial charge >= 0.3 is 0 Å². The van der Waals surface area contributed by atoms with E-state index in [1.165, 1.54) is 6.07 Å². The molecule has 0 amide bonds. The molecule has 0 saturated heterocycles. The molecule has 0 bridgehead atoms. The number of hydrogen-bond donors (Lipinski definition) is 1. The topological polar surface area (TPSA) is 76.5 Å². The first-order valence-corrected chi connectivity index (χ1v) is 6.00. The molecule has 0 aliphatic rings. The van der Waals surface area contributed by atoms with Crippen molar-refractivity contribution in [2.24, 2.45) is 0 Å². The maximum Gasteiger partial charge on any atom is 0.284 e. The molecular weight excluding hydrogens is 302 g/mol. The molecule has 0 spiro atoms. The van der Waals surface area contributed by atoms with Gasteiger partial charge < -0.3 is 9.52 Å². The number of rotatable bonds is 3. The Balaban J connectivity index is 2.44. The van der Waals surface area contributed by atoms with E-state index >= 15 is 0 Å². The van der Waals surface area contributed by atoms with E-state index in [1.54, 1.807) is 31.2 Å². The second-order valence-corrected chi connectivity index (χ2v) is 4.66. The molecular formula is C12H10BrNO4. The van der Waals surface area contributed by atoms with Gasteiger partial charge in [-0.3, -0.25) is 10.1 Å². The van der Waals surface area contributed by atoms with Crippen molar-refractivity contribution < 1.29 is 14.4 Å². The average molecular weight is 312 g/mol. The van der Waals surface area contributed by atoms with Crippen molar-refractivity contribution in [1.82, 2.24) is 0 Å². The number of nitro benzene ring substituents is 1. The fourth-order valence-corrected chi connectivity index (χ4v) is 1.93. The predicted molar refractivity (Wildman–Crippen MR) is 69.1 cm³/mol. The summed E-state index contributed by atoms with van der Waals surface area (Å²) >= 11 is 3.12. The van der Waals surface area contributed by atoms with Crippen molar-refractivity contribution in [1.29, 1.82) is 0 Å². The molecule has 6 heteroatoms. The normalized spacial score (nSPS) is 12.4. The van der Waals surface area contributed by atoms with E-state index in [1.807, 2.05) is 0 Å². The minimum atomic E-state index is -0.704. The molecule has 0 fully saturated rings. The summed E-state index contributed by atoms with van der Waals surface area (Å²) in [6, 6.07) is 8.05. The van der Waals surface area contributed by atoms with Crippen LogP contribution in [0.1, 0.15) is 18.8 Å². The van der Waals surface area contributed by atoms with Crippen LogP contribution < -0.4 is 0 Å². The van der Waals surface area contributed by atoms with Crippen LogP contribution in [-0.2, 0) is 0 Å². The largest absolute Gasteiger partial charge is 0.458 e. The lowest BCUT2D eigenvalue weighted by molar-refractivity contribution is -0.385. The second-order valence-electron chi connectivity index (χ2n) is 3.80. The van der Waals surface area contributed by atoms with Gasteiger partial charge in [-0.1, -0.05) is 0 Å². The number of hydrogen-bond acceptors (Lipinski definition) is 4. The highest BCUT2D eigenvalue weighted by molar-refractivity contribution is 9.10. The van der Waals surface area contributed by atoms with E-state index < -0.39 is 11.0 Å². The molecule has 1 atom stereocenters. The molecule has 0 aliphatic heterocycles. The lowest BCUT2D eigenvalue weighted by Gasteiger charge is -2.01. The Morgan fingerprint density at radius 3 is 2.67 bits per heavy atom. The molecule has 18 heavy (non-hydrogen) atoms. The van der Waals surface area contributed by atoms with Gasteiger partial charge in [0.15, 0.2) is 0 Å². The smallest absolute Gasteiger partial charge is 0.284 e. The zero-order chi connectivity index (χ0) is 13.3. The van der Waals surface area contributed by atoms with Crippen LogP contribution in [0.2, 0.25) is 0 Å². The average Bonchev–Trinajstić information content (AvgIpc) is 2.78. The standard InChI is InChI=1S/C12H10BrNO4/c1-7(15)11-4-5-12(18-11)8-2-3-9(13)10(6-8)14(16)17/h2-7,15H,1H3. The molecule has 1 heterocycles. The number of nitrogens with zero attached hydrogens (tertiary/aromatic N) is 1. The van der Waals surface area contributed by atoms with Gasteiger partial charge in [-0.2, -0.15) is 0 Å². The predicted octanol–water partition coefficient (Wildman–Crippen LogP) is 3.67. The highest BCUT2D eigenvalue weighted by atomic mass is 79.9. The molecule has 2 aromatic rings. The van der Waals surface area contributed by atoms with Gasteiger partial charge in [0.2, 0.25) is 0 Å². The van der Waals surface area contributed by atoms with Crippen molar-refractivity contribution in [2.45, 2.75) is 13.0 Å². The molecule has 1 unspecified atom stereocenters. The Hall–Kier alpha value is -1.66. The molecule has 94 valence electrons. The Morgan fingerprint density at radius 2 is 2.11 bits per heavy atom. The molecule has 0 saturated carbocycles. The van der Waals surface area contributed by atoms with Crippen LogP contribution in [-0.4, -0.2) is 10.0 Å². The summed E-state index contributed by atoms with van der Waals surface area (Å²) in [5, 5.41) is 20.2. The summed E-state index contributed by atoms with van der Waals surface area (Å²) in [5.41, 5.74) is 0.569.